The molecule has 0 aliphatic heterocycles. The second-order valence-corrected chi connectivity index (χ2v) is 6.56. The number of carboxylic acids is 1. The molecule has 146 valence electrons. The number of aryl methyl sites for hydroxylation is 2. The molecular formula is C22H28O5. The van der Waals surface area contributed by atoms with Gasteiger partial charge in [-0.3, -0.25) is 4.79 Å². The maximum absolute atomic E-state index is 11.7. The largest absolute Gasteiger partial charge is 0.493 e. The molecule has 0 radical (unpaired) electrons. The summed E-state index contributed by atoms with van der Waals surface area (Å²) in [7, 11) is 4.67. The van der Waals surface area contributed by atoms with Gasteiger partial charge < -0.3 is 19.3 Å². The molecule has 2 aromatic carbocycles. The van der Waals surface area contributed by atoms with Crippen molar-refractivity contribution in [3.05, 3.63) is 52.6 Å². The standard InChI is InChI=1S/C22H28O5/c1-6-7-15-9-8-14(2)10-17(15)18(13-21(23)24)16-11-19(25-3)22(27-5)20(12-16)26-4/h8-12,18H,6-7,13H2,1-5H3,(H,23,24). The van der Waals surface area contributed by atoms with E-state index >= 15 is 0 Å². The fourth-order valence-electron chi connectivity index (χ4n) is 3.42. The number of methoxy groups -OCH3 is 3. The van der Waals surface area contributed by atoms with Crippen molar-refractivity contribution >= 4 is 5.97 Å². The number of rotatable bonds is 9. The number of hydrogen-bond donors (Lipinski definition) is 1. The van der Waals surface area contributed by atoms with Crippen LogP contribution in [-0.4, -0.2) is 32.4 Å². The van der Waals surface area contributed by atoms with Gasteiger partial charge in [0.15, 0.2) is 11.5 Å². The molecule has 0 aliphatic carbocycles. The number of carboxylic acid groups (broad SMARTS) is 1. The average molecular weight is 372 g/mol. The molecule has 1 unspecified atom stereocenters. The summed E-state index contributed by atoms with van der Waals surface area (Å²) in [5.74, 6) is 0.380. The summed E-state index contributed by atoms with van der Waals surface area (Å²) >= 11 is 0. The molecule has 2 aromatic rings. The molecule has 1 N–H and O–H groups in total. The van der Waals surface area contributed by atoms with Gasteiger partial charge in [0.2, 0.25) is 5.75 Å². The fourth-order valence-corrected chi connectivity index (χ4v) is 3.42. The maximum Gasteiger partial charge on any atom is 0.304 e. The second kappa shape index (κ2) is 9.31. The third kappa shape index (κ3) is 4.73. The van der Waals surface area contributed by atoms with E-state index in [0.717, 1.165) is 29.5 Å². The van der Waals surface area contributed by atoms with E-state index in [4.69, 9.17) is 14.2 Å². The van der Waals surface area contributed by atoms with E-state index in [-0.39, 0.29) is 12.3 Å². The highest BCUT2D eigenvalue weighted by Gasteiger charge is 2.24. The third-order valence-corrected chi connectivity index (χ3v) is 4.66. The van der Waals surface area contributed by atoms with Crippen molar-refractivity contribution in [2.75, 3.05) is 21.3 Å². The minimum absolute atomic E-state index is 0.0151. The molecule has 0 saturated carbocycles. The van der Waals surface area contributed by atoms with Crippen LogP contribution < -0.4 is 14.2 Å². The molecule has 0 saturated heterocycles. The Balaban J connectivity index is 2.68. The highest BCUT2D eigenvalue weighted by Crippen LogP contribution is 2.42. The highest BCUT2D eigenvalue weighted by molar-refractivity contribution is 5.70. The van der Waals surface area contributed by atoms with Crippen LogP contribution in [0.1, 0.15) is 47.9 Å². The molecule has 0 heterocycles. The Morgan fingerprint density at radius 3 is 2.15 bits per heavy atom. The second-order valence-electron chi connectivity index (χ2n) is 6.56. The summed E-state index contributed by atoms with van der Waals surface area (Å²) in [4.78, 5) is 11.7. The van der Waals surface area contributed by atoms with Crippen LogP contribution in [0, 0.1) is 6.92 Å². The molecule has 5 nitrogen and oxygen atoms in total. The lowest BCUT2D eigenvalue weighted by atomic mass is 9.83. The lowest BCUT2D eigenvalue weighted by Crippen LogP contribution is -2.11. The first-order valence-corrected chi connectivity index (χ1v) is 9.06. The van der Waals surface area contributed by atoms with Gasteiger partial charge in [-0.1, -0.05) is 37.1 Å². The number of benzene rings is 2. The van der Waals surface area contributed by atoms with Crippen LogP contribution >= 0.6 is 0 Å². The van der Waals surface area contributed by atoms with Crippen LogP contribution in [0.5, 0.6) is 17.2 Å². The van der Waals surface area contributed by atoms with Crippen LogP contribution in [0.25, 0.3) is 0 Å². The van der Waals surface area contributed by atoms with Crippen molar-refractivity contribution in [1.82, 2.24) is 0 Å². The van der Waals surface area contributed by atoms with Crippen LogP contribution in [0.2, 0.25) is 0 Å². The zero-order chi connectivity index (χ0) is 20.0. The Morgan fingerprint density at radius 1 is 1.04 bits per heavy atom. The Hall–Kier alpha value is -2.69. The number of ether oxygens (including phenoxy) is 3. The molecule has 0 aliphatic rings. The predicted octanol–water partition coefficient (Wildman–Crippen LogP) is 4.58. The van der Waals surface area contributed by atoms with Gasteiger partial charge in [-0.2, -0.15) is 0 Å². The lowest BCUT2D eigenvalue weighted by Gasteiger charge is -2.22. The molecule has 0 bridgehead atoms. The molecule has 0 aromatic heterocycles. The Kier molecular flexibility index (Phi) is 7.11. The van der Waals surface area contributed by atoms with Gasteiger partial charge >= 0.3 is 5.97 Å². The molecule has 0 spiro atoms. The summed E-state index contributed by atoms with van der Waals surface area (Å²) in [6.45, 7) is 4.14. The van der Waals surface area contributed by atoms with E-state index < -0.39 is 5.97 Å². The molecule has 1 atom stereocenters. The molecule has 27 heavy (non-hydrogen) atoms. The Bertz CT molecular complexity index is 772. The highest BCUT2D eigenvalue weighted by atomic mass is 16.5. The van der Waals surface area contributed by atoms with Gasteiger partial charge in [-0.25, -0.2) is 0 Å². The van der Waals surface area contributed by atoms with E-state index in [1.807, 2.05) is 19.1 Å². The van der Waals surface area contributed by atoms with E-state index in [0.29, 0.717) is 17.2 Å². The lowest BCUT2D eigenvalue weighted by molar-refractivity contribution is -0.137. The van der Waals surface area contributed by atoms with E-state index in [9.17, 15) is 9.90 Å². The zero-order valence-corrected chi connectivity index (χ0v) is 16.7. The molecule has 0 fully saturated rings. The quantitative estimate of drug-likeness (QED) is 0.698. The monoisotopic (exact) mass is 372 g/mol. The normalized spacial score (nSPS) is 11.7. The minimum atomic E-state index is -0.849. The van der Waals surface area contributed by atoms with Crippen molar-refractivity contribution in [2.24, 2.45) is 0 Å². The third-order valence-electron chi connectivity index (χ3n) is 4.66. The average Bonchev–Trinajstić information content (AvgIpc) is 2.66. The van der Waals surface area contributed by atoms with Crippen LogP contribution in [0.3, 0.4) is 0 Å². The van der Waals surface area contributed by atoms with Crippen molar-refractivity contribution < 1.29 is 24.1 Å². The Morgan fingerprint density at radius 2 is 1.67 bits per heavy atom. The number of hydrogen-bond acceptors (Lipinski definition) is 4. The number of carbonyl (C=O) groups is 1. The summed E-state index contributed by atoms with van der Waals surface area (Å²) in [5, 5.41) is 9.56. The smallest absolute Gasteiger partial charge is 0.304 e. The first-order valence-electron chi connectivity index (χ1n) is 9.06. The molecule has 2 rings (SSSR count). The van der Waals surface area contributed by atoms with Crippen LogP contribution in [0.4, 0.5) is 0 Å². The van der Waals surface area contributed by atoms with Gasteiger partial charge in [0.1, 0.15) is 0 Å². The first-order chi connectivity index (χ1) is 12.9. The summed E-state index contributed by atoms with van der Waals surface area (Å²) < 4.78 is 16.3. The maximum atomic E-state index is 11.7. The first kappa shape index (κ1) is 20.6. The van der Waals surface area contributed by atoms with Crippen molar-refractivity contribution in [3.8, 4) is 17.2 Å². The van der Waals surface area contributed by atoms with Gasteiger partial charge in [0, 0.05) is 5.92 Å². The molecule has 5 heteroatoms. The summed E-state index contributed by atoms with van der Waals surface area (Å²) in [6, 6.07) is 9.93. The minimum Gasteiger partial charge on any atom is -0.493 e. The van der Waals surface area contributed by atoms with E-state index in [1.54, 1.807) is 21.3 Å². The van der Waals surface area contributed by atoms with Gasteiger partial charge in [-0.05, 0) is 42.2 Å². The van der Waals surface area contributed by atoms with Crippen molar-refractivity contribution in [3.63, 3.8) is 0 Å². The summed E-state index contributed by atoms with van der Waals surface area (Å²) in [6.07, 6.45) is 1.88. The van der Waals surface area contributed by atoms with Gasteiger partial charge in [-0.15, -0.1) is 0 Å². The predicted molar refractivity (Wildman–Crippen MR) is 105 cm³/mol. The molecular weight excluding hydrogens is 344 g/mol. The Labute approximate surface area is 160 Å². The fraction of sp³-hybridized carbons (Fsp3) is 0.409. The summed E-state index contributed by atoms with van der Waals surface area (Å²) in [5.41, 5.74) is 4.14. The van der Waals surface area contributed by atoms with Crippen LogP contribution in [-0.2, 0) is 11.2 Å². The zero-order valence-electron chi connectivity index (χ0n) is 16.7. The SMILES string of the molecule is CCCc1ccc(C)cc1C(CC(=O)O)c1cc(OC)c(OC)c(OC)c1. The van der Waals surface area contributed by atoms with Crippen molar-refractivity contribution in [2.45, 2.75) is 39.0 Å². The number of aliphatic carboxylic acids is 1. The van der Waals surface area contributed by atoms with Crippen molar-refractivity contribution in [1.29, 1.82) is 0 Å². The van der Waals surface area contributed by atoms with E-state index in [1.165, 1.54) is 5.56 Å². The van der Waals surface area contributed by atoms with Crippen LogP contribution in [0.15, 0.2) is 30.3 Å². The molecule has 0 amide bonds. The topological polar surface area (TPSA) is 65.0 Å². The van der Waals surface area contributed by atoms with Gasteiger partial charge in [0.25, 0.3) is 0 Å². The van der Waals surface area contributed by atoms with E-state index in [2.05, 4.69) is 25.1 Å². The van der Waals surface area contributed by atoms with Gasteiger partial charge in [0.05, 0.1) is 27.8 Å².